The van der Waals surface area contributed by atoms with Gasteiger partial charge in [-0.3, -0.25) is 4.90 Å². The molecule has 0 saturated carbocycles. The molecule has 2 aromatic rings. The third-order valence-corrected chi connectivity index (χ3v) is 7.52. The molecule has 0 aromatic heterocycles. The van der Waals surface area contributed by atoms with Crippen molar-refractivity contribution in [2.75, 3.05) is 18.5 Å². The van der Waals surface area contributed by atoms with E-state index in [4.69, 9.17) is 0 Å². The van der Waals surface area contributed by atoms with E-state index in [0.717, 1.165) is 36.2 Å². The van der Waals surface area contributed by atoms with Crippen LogP contribution in [0.1, 0.15) is 79.4 Å². The highest BCUT2D eigenvalue weighted by atomic mass is 79.9. The van der Waals surface area contributed by atoms with E-state index in [2.05, 4.69) is 104 Å². The topological polar surface area (TPSA) is 55.7 Å². The van der Waals surface area contributed by atoms with E-state index in [1.54, 1.807) is 0 Å². The van der Waals surface area contributed by atoms with Gasteiger partial charge in [-0.15, -0.1) is 0 Å². The summed E-state index contributed by atoms with van der Waals surface area (Å²) in [7, 11) is 0. The normalized spacial score (nSPS) is 18.6. The van der Waals surface area contributed by atoms with Crippen molar-refractivity contribution in [1.82, 2.24) is 4.90 Å². The molecule has 1 aliphatic heterocycles. The summed E-state index contributed by atoms with van der Waals surface area (Å²) in [6, 6.07) is 16.8. The van der Waals surface area contributed by atoms with Crippen LogP contribution in [-0.4, -0.2) is 40.4 Å². The minimum Gasteiger partial charge on any atom is -0.395 e. The lowest BCUT2D eigenvalue weighted by molar-refractivity contribution is 0.0129. The number of piperidine rings is 1. The molecule has 1 fully saturated rings. The van der Waals surface area contributed by atoms with Gasteiger partial charge in [0.1, 0.15) is 0 Å². The number of halogens is 1. The first kappa shape index (κ1) is 31.6. The Morgan fingerprint density at radius 3 is 2.06 bits per heavy atom. The van der Waals surface area contributed by atoms with E-state index in [1.807, 2.05) is 26.0 Å². The van der Waals surface area contributed by atoms with Crippen molar-refractivity contribution < 1.29 is 10.2 Å². The Kier molecular flexibility index (Phi) is 13.5. The largest absolute Gasteiger partial charge is 0.395 e. The third kappa shape index (κ3) is 11.5. The molecule has 2 aromatic carbocycles. The summed E-state index contributed by atoms with van der Waals surface area (Å²) < 4.78 is 1.07. The standard InChI is InChI=1S/C20H25BrN2O2.C8H18.C2H6/c21-17-4-6-18(7-5-17)22-12-15-2-1-3-16(10-15)13-23-9-8-20(25)11-19(23)14-24;1-7(2,3)8(4,5)6;1-2/h1-7,10,19-20,22,24-25H,8-9,11-14H2;1-6H3;1-2H3. The molecule has 0 spiro atoms. The fourth-order valence-corrected chi connectivity index (χ4v) is 3.59. The van der Waals surface area contributed by atoms with E-state index < -0.39 is 0 Å². The average molecular weight is 550 g/mol. The number of aliphatic hydroxyl groups excluding tert-OH is 2. The molecular weight excluding hydrogens is 500 g/mol. The second-order valence-corrected chi connectivity index (χ2v) is 12.1. The van der Waals surface area contributed by atoms with Gasteiger partial charge in [0, 0.05) is 35.8 Å². The zero-order valence-electron chi connectivity index (χ0n) is 23.2. The smallest absolute Gasteiger partial charge is 0.0587 e. The molecular formula is C30H49BrN2O2. The van der Waals surface area contributed by atoms with Crippen molar-refractivity contribution in [2.45, 2.75) is 93.5 Å². The maximum atomic E-state index is 9.79. The van der Waals surface area contributed by atoms with Gasteiger partial charge in [0.25, 0.3) is 0 Å². The molecule has 1 heterocycles. The Hall–Kier alpha value is -1.40. The number of anilines is 1. The van der Waals surface area contributed by atoms with Gasteiger partial charge < -0.3 is 15.5 Å². The number of hydrogen-bond acceptors (Lipinski definition) is 4. The highest BCUT2D eigenvalue weighted by molar-refractivity contribution is 9.10. The summed E-state index contributed by atoms with van der Waals surface area (Å²) >= 11 is 3.45. The van der Waals surface area contributed by atoms with E-state index in [-0.39, 0.29) is 18.8 Å². The van der Waals surface area contributed by atoms with Crippen LogP contribution in [0.3, 0.4) is 0 Å². The van der Waals surface area contributed by atoms with Gasteiger partial charge in [0.2, 0.25) is 0 Å². The molecule has 1 saturated heterocycles. The Morgan fingerprint density at radius 1 is 0.943 bits per heavy atom. The predicted octanol–water partition coefficient (Wildman–Crippen LogP) is 7.48. The van der Waals surface area contributed by atoms with Crippen LogP contribution in [0.2, 0.25) is 0 Å². The lowest BCUT2D eigenvalue weighted by Gasteiger charge is -2.37. The Labute approximate surface area is 223 Å². The molecule has 0 aliphatic carbocycles. The number of likely N-dealkylation sites (tertiary alicyclic amines) is 1. The first-order valence-electron chi connectivity index (χ1n) is 13.0. The Balaban J connectivity index is 0.000000523. The zero-order chi connectivity index (χ0) is 26.6. The van der Waals surface area contributed by atoms with Crippen LogP contribution < -0.4 is 5.32 Å². The van der Waals surface area contributed by atoms with Crippen LogP contribution in [-0.2, 0) is 13.1 Å². The molecule has 35 heavy (non-hydrogen) atoms. The molecule has 3 N–H and O–H groups in total. The lowest BCUT2D eigenvalue weighted by atomic mass is 9.71. The molecule has 2 unspecified atom stereocenters. The first-order chi connectivity index (χ1) is 16.4. The van der Waals surface area contributed by atoms with E-state index >= 15 is 0 Å². The monoisotopic (exact) mass is 548 g/mol. The van der Waals surface area contributed by atoms with Crippen LogP contribution >= 0.6 is 15.9 Å². The molecule has 3 rings (SSSR count). The van der Waals surface area contributed by atoms with Gasteiger partial charge >= 0.3 is 0 Å². The molecule has 1 aliphatic rings. The maximum absolute atomic E-state index is 9.79. The van der Waals surface area contributed by atoms with Crippen LogP contribution in [0.25, 0.3) is 0 Å². The van der Waals surface area contributed by atoms with Crippen LogP contribution in [0, 0.1) is 10.8 Å². The molecule has 198 valence electrons. The van der Waals surface area contributed by atoms with Crippen LogP contribution in [0.15, 0.2) is 53.0 Å². The lowest BCUT2D eigenvalue weighted by Crippen LogP contribution is -2.45. The minimum atomic E-state index is -0.283. The number of hydrogen-bond donors (Lipinski definition) is 3. The number of nitrogens with one attached hydrogen (secondary N) is 1. The van der Waals surface area contributed by atoms with Crippen molar-refractivity contribution >= 4 is 21.6 Å². The quantitative estimate of drug-likeness (QED) is 0.350. The molecule has 0 amide bonds. The molecule has 5 heteroatoms. The van der Waals surface area contributed by atoms with Gasteiger partial charge in [-0.1, -0.05) is 95.6 Å². The summed E-state index contributed by atoms with van der Waals surface area (Å²) in [6.45, 7) is 20.1. The van der Waals surface area contributed by atoms with E-state index in [1.165, 1.54) is 11.1 Å². The molecule has 2 atom stereocenters. The van der Waals surface area contributed by atoms with E-state index in [9.17, 15) is 10.2 Å². The molecule has 0 bridgehead atoms. The van der Waals surface area contributed by atoms with Gasteiger partial charge in [-0.25, -0.2) is 0 Å². The van der Waals surface area contributed by atoms with Gasteiger partial charge in [0.05, 0.1) is 12.7 Å². The summed E-state index contributed by atoms with van der Waals surface area (Å²) in [5.41, 5.74) is 4.45. The van der Waals surface area contributed by atoms with Crippen molar-refractivity contribution in [3.05, 3.63) is 64.1 Å². The highest BCUT2D eigenvalue weighted by Gasteiger charge is 2.27. The van der Waals surface area contributed by atoms with Crippen molar-refractivity contribution in [3.63, 3.8) is 0 Å². The second-order valence-electron chi connectivity index (χ2n) is 11.2. The van der Waals surface area contributed by atoms with Crippen LogP contribution in [0.4, 0.5) is 5.69 Å². The number of aliphatic hydroxyl groups is 2. The second kappa shape index (κ2) is 15.0. The van der Waals surface area contributed by atoms with Crippen molar-refractivity contribution in [3.8, 4) is 0 Å². The van der Waals surface area contributed by atoms with Gasteiger partial charge in [0.15, 0.2) is 0 Å². The van der Waals surface area contributed by atoms with Crippen molar-refractivity contribution in [2.24, 2.45) is 10.8 Å². The zero-order valence-corrected chi connectivity index (χ0v) is 24.8. The predicted molar refractivity (Wildman–Crippen MR) is 155 cm³/mol. The Morgan fingerprint density at radius 2 is 1.51 bits per heavy atom. The summed E-state index contributed by atoms with van der Waals surface area (Å²) in [5.74, 6) is 0. The van der Waals surface area contributed by atoms with Crippen LogP contribution in [0.5, 0.6) is 0 Å². The summed E-state index contributed by atoms with van der Waals surface area (Å²) in [4.78, 5) is 2.27. The maximum Gasteiger partial charge on any atom is 0.0587 e. The van der Waals surface area contributed by atoms with Gasteiger partial charge in [-0.2, -0.15) is 0 Å². The SMILES string of the molecule is CC.CC(C)(C)C(C)(C)C.OCC1CC(O)CCN1Cc1cccc(CNc2ccc(Br)cc2)c1. The number of rotatable bonds is 6. The van der Waals surface area contributed by atoms with Gasteiger partial charge in [-0.05, 0) is 59.1 Å². The highest BCUT2D eigenvalue weighted by Crippen LogP contribution is 2.36. The summed E-state index contributed by atoms with van der Waals surface area (Å²) in [6.07, 6.45) is 1.15. The van der Waals surface area contributed by atoms with E-state index in [0.29, 0.717) is 17.3 Å². The fraction of sp³-hybridized carbons (Fsp3) is 0.600. The fourth-order valence-electron chi connectivity index (χ4n) is 3.32. The Bertz CT molecular complexity index is 829. The third-order valence-electron chi connectivity index (χ3n) is 6.99. The van der Waals surface area contributed by atoms with Crippen molar-refractivity contribution in [1.29, 1.82) is 0 Å². The number of nitrogens with zero attached hydrogens (tertiary/aromatic N) is 1. The summed E-state index contributed by atoms with van der Waals surface area (Å²) in [5, 5.41) is 22.8. The average Bonchev–Trinajstić information content (AvgIpc) is 2.80. The molecule has 0 radical (unpaired) electrons. The molecule has 4 nitrogen and oxygen atoms in total. The minimum absolute atomic E-state index is 0.0493. The number of benzene rings is 2. The first-order valence-corrected chi connectivity index (χ1v) is 13.8.